The van der Waals surface area contributed by atoms with Gasteiger partial charge >= 0.3 is 5.97 Å². The second-order valence-corrected chi connectivity index (χ2v) is 19.6. The molecule has 0 radical (unpaired) electrons. The molecule has 0 bridgehead atoms. The van der Waals surface area contributed by atoms with Gasteiger partial charge in [0.15, 0.2) is 18.1 Å². The summed E-state index contributed by atoms with van der Waals surface area (Å²) in [4.78, 5) is 111. The molecule has 0 spiro atoms. The second kappa shape index (κ2) is 20.2. The number of rotatable bonds is 16. The lowest BCUT2D eigenvalue weighted by Crippen LogP contribution is -2.42. The van der Waals surface area contributed by atoms with Crippen molar-refractivity contribution in [2.45, 2.75) is 70.4 Å². The van der Waals surface area contributed by atoms with Crippen LogP contribution >= 0.6 is 22.9 Å². The van der Waals surface area contributed by atoms with Gasteiger partial charge in [0.2, 0.25) is 29.4 Å². The molecule has 2 aliphatic carbocycles. The summed E-state index contributed by atoms with van der Waals surface area (Å²) in [6.07, 6.45) is 4.44. The number of halogens is 1. The largest absolute Gasteiger partial charge is 0.489 e. The number of thiophene rings is 1. The summed E-state index contributed by atoms with van der Waals surface area (Å²) in [6.45, 7) is 2.81. The molecule has 1 saturated carbocycles. The van der Waals surface area contributed by atoms with E-state index in [9.17, 15) is 33.6 Å². The number of ether oxygens (including phenoxy) is 2. The van der Waals surface area contributed by atoms with Crippen LogP contribution in [-0.4, -0.2) is 88.3 Å². The number of nitrogens with one attached hydrogen (secondary N) is 1. The molecular weight excluding hydrogens is 948 g/mol. The maximum atomic E-state index is 14.0. The van der Waals surface area contributed by atoms with Crippen molar-refractivity contribution in [2.24, 2.45) is 5.92 Å². The number of aryl methyl sites for hydroxylation is 1. The number of hydrogen-bond donors (Lipinski definition) is 1. The van der Waals surface area contributed by atoms with E-state index in [4.69, 9.17) is 30.8 Å². The predicted octanol–water partition coefficient (Wildman–Crippen LogP) is 8.34. The summed E-state index contributed by atoms with van der Waals surface area (Å²) in [6, 6.07) is 26.2. The molecule has 4 aliphatic rings. The van der Waals surface area contributed by atoms with E-state index >= 15 is 0 Å². The standard InChI is InChI=1S/C54H47ClN4O11S/c1-30-24-32(55)25-39(35-17-21-56-41-26-34(71-53(35)41)28-59-46(62)15-16-47(59)63)52(30)68-33-18-22-58(23-19-33)45(61)14-7-20-57-44(60)29-67-70-43-13-6-11-37-49(43)51(65)48-36(50(37)64)10-5-12-42(48)69-54(66)40-27-38(40)31-8-3-2-4-9-31/h2-6,8-13,17,21,24-26,33,38,40H,7,14-16,18-20,22-23,27-29H2,1H3,(H,57,60). The Morgan fingerprint density at radius 3 is 2.28 bits per heavy atom. The number of carbonyl (C=O) groups excluding carboxylic acids is 7. The highest BCUT2D eigenvalue weighted by molar-refractivity contribution is 7.19. The van der Waals surface area contributed by atoms with Gasteiger partial charge < -0.3 is 24.6 Å². The number of ketones is 2. The maximum Gasteiger partial charge on any atom is 0.314 e. The smallest absolute Gasteiger partial charge is 0.314 e. The number of fused-ring (bicyclic) bond motifs is 3. The molecule has 71 heavy (non-hydrogen) atoms. The lowest BCUT2D eigenvalue weighted by atomic mass is 9.83. The lowest BCUT2D eigenvalue weighted by molar-refractivity contribution is -0.207. The number of esters is 1. The average Bonchev–Trinajstić information content (AvgIpc) is 3.98. The van der Waals surface area contributed by atoms with Crippen molar-refractivity contribution in [3.63, 3.8) is 0 Å². The first-order chi connectivity index (χ1) is 34.4. The fourth-order valence-electron chi connectivity index (χ4n) is 9.57. The molecule has 2 unspecified atom stereocenters. The van der Waals surface area contributed by atoms with Crippen LogP contribution in [0.2, 0.25) is 5.02 Å². The van der Waals surface area contributed by atoms with E-state index in [1.165, 1.54) is 46.6 Å². The molecule has 3 fully saturated rings. The van der Waals surface area contributed by atoms with Crippen molar-refractivity contribution in [1.29, 1.82) is 0 Å². The van der Waals surface area contributed by atoms with Gasteiger partial charge in [-0.3, -0.25) is 43.4 Å². The second-order valence-electron chi connectivity index (χ2n) is 18.1. The van der Waals surface area contributed by atoms with Crippen molar-refractivity contribution in [2.75, 3.05) is 26.2 Å². The van der Waals surface area contributed by atoms with Crippen LogP contribution in [0.3, 0.4) is 0 Å². The van der Waals surface area contributed by atoms with Gasteiger partial charge in [0.05, 0.1) is 33.8 Å². The molecule has 4 heterocycles. The van der Waals surface area contributed by atoms with Crippen molar-refractivity contribution in [3.05, 3.63) is 140 Å². The average molecular weight is 996 g/mol. The highest BCUT2D eigenvalue weighted by atomic mass is 35.5. The highest BCUT2D eigenvalue weighted by Crippen LogP contribution is 2.49. The van der Waals surface area contributed by atoms with Gasteiger partial charge in [-0.15, -0.1) is 11.3 Å². The van der Waals surface area contributed by atoms with E-state index in [1.54, 1.807) is 17.2 Å². The first-order valence-electron chi connectivity index (χ1n) is 23.6. The van der Waals surface area contributed by atoms with Crippen LogP contribution < -0.4 is 19.7 Å². The molecule has 10 rings (SSSR count). The summed E-state index contributed by atoms with van der Waals surface area (Å²) >= 11 is 8.09. The van der Waals surface area contributed by atoms with Gasteiger partial charge in [0, 0.05) is 90.1 Å². The van der Waals surface area contributed by atoms with E-state index in [-0.39, 0.29) is 102 Å². The normalized spacial score (nSPS) is 17.5. The molecule has 2 aromatic heterocycles. The molecule has 4 amide bonds. The number of piperidine rings is 1. The third kappa shape index (κ3) is 9.92. The number of likely N-dealkylation sites (tertiary alicyclic amines) is 2. The van der Waals surface area contributed by atoms with Crippen LogP contribution in [0.25, 0.3) is 21.3 Å². The first kappa shape index (κ1) is 47.4. The molecule has 15 nitrogen and oxygen atoms in total. The summed E-state index contributed by atoms with van der Waals surface area (Å²) in [5, 5.41) is 3.27. The Balaban J connectivity index is 0.685. The number of nitrogens with zero attached hydrogens (tertiary/aromatic N) is 3. The fourth-order valence-corrected chi connectivity index (χ4v) is 11.0. The first-order valence-corrected chi connectivity index (χ1v) is 24.7. The summed E-state index contributed by atoms with van der Waals surface area (Å²) in [5.74, 6) is -2.18. The van der Waals surface area contributed by atoms with Gasteiger partial charge in [-0.2, -0.15) is 4.89 Å². The van der Waals surface area contributed by atoms with Gasteiger partial charge in [-0.25, -0.2) is 0 Å². The molecule has 17 heteroatoms. The monoisotopic (exact) mass is 994 g/mol. The Kier molecular flexibility index (Phi) is 13.5. The van der Waals surface area contributed by atoms with Crippen molar-refractivity contribution >= 4 is 74.3 Å². The minimum Gasteiger partial charge on any atom is -0.489 e. The SMILES string of the molecule is Cc1cc(Cl)cc(-c2ccnc3cc(CN4C(=O)CCC4=O)sc23)c1OC1CCN(C(=O)CCCNC(=O)COOc2cccc3c2C(=O)c2c(OC(=O)C4CC4c4ccccc4)cccc2C3=O)CC1. The number of carbonyl (C=O) groups is 7. The number of pyridine rings is 1. The van der Waals surface area contributed by atoms with Crippen LogP contribution in [0, 0.1) is 12.8 Å². The maximum absolute atomic E-state index is 14.0. The number of aromatic nitrogens is 1. The molecule has 6 aromatic rings. The molecule has 2 aliphatic heterocycles. The van der Waals surface area contributed by atoms with Crippen LogP contribution in [0.4, 0.5) is 0 Å². The van der Waals surface area contributed by atoms with E-state index in [1.807, 2.05) is 61.5 Å². The Morgan fingerprint density at radius 2 is 1.54 bits per heavy atom. The van der Waals surface area contributed by atoms with E-state index in [0.29, 0.717) is 49.5 Å². The Hall–Kier alpha value is -7.27. The quantitative estimate of drug-likeness (QED) is 0.0244. The molecule has 2 saturated heterocycles. The van der Waals surface area contributed by atoms with Crippen LogP contribution in [0.1, 0.15) is 98.7 Å². The highest BCUT2D eigenvalue weighted by Gasteiger charge is 2.46. The van der Waals surface area contributed by atoms with E-state index in [2.05, 4.69) is 10.3 Å². The molecule has 1 N–H and O–H groups in total. The Morgan fingerprint density at radius 1 is 0.817 bits per heavy atom. The molecular formula is C54H47ClN4O11S. The third-order valence-corrected chi connectivity index (χ3v) is 14.7. The topological polar surface area (TPSA) is 188 Å². The molecule has 2 atom stereocenters. The molecule has 362 valence electrons. The summed E-state index contributed by atoms with van der Waals surface area (Å²) < 4.78 is 13.3. The zero-order valence-electron chi connectivity index (χ0n) is 38.6. The Bertz CT molecular complexity index is 3130. The van der Waals surface area contributed by atoms with E-state index in [0.717, 1.165) is 37.3 Å². The zero-order chi connectivity index (χ0) is 49.3. The van der Waals surface area contributed by atoms with E-state index < -0.39 is 30.0 Å². The molecule has 4 aromatic carbocycles. The number of hydrogen-bond acceptors (Lipinski definition) is 13. The fraction of sp³-hybridized carbons (Fsp3) is 0.296. The summed E-state index contributed by atoms with van der Waals surface area (Å²) in [5.41, 5.74) is 4.38. The Labute approximate surface area is 416 Å². The van der Waals surface area contributed by atoms with Crippen LogP contribution in [0.5, 0.6) is 17.2 Å². The number of benzene rings is 4. The number of imide groups is 1. The summed E-state index contributed by atoms with van der Waals surface area (Å²) in [7, 11) is 0. The van der Waals surface area contributed by atoms with Crippen molar-refractivity contribution in [3.8, 4) is 28.4 Å². The van der Waals surface area contributed by atoms with Crippen molar-refractivity contribution < 1.29 is 52.8 Å². The lowest BCUT2D eigenvalue weighted by Gasteiger charge is -2.33. The third-order valence-electron chi connectivity index (χ3n) is 13.3. The van der Waals surface area contributed by atoms with Crippen LogP contribution in [-0.2, 0) is 35.4 Å². The zero-order valence-corrected chi connectivity index (χ0v) is 40.1. The number of amides is 4. The van der Waals surface area contributed by atoms with Gasteiger partial charge in [-0.1, -0.05) is 66.2 Å². The predicted molar refractivity (Wildman–Crippen MR) is 261 cm³/mol. The van der Waals surface area contributed by atoms with Gasteiger partial charge in [0.25, 0.3) is 0 Å². The van der Waals surface area contributed by atoms with Gasteiger partial charge in [0.1, 0.15) is 17.6 Å². The van der Waals surface area contributed by atoms with Gasteiger partial charge in [-0.05, 0) is 73.2 Å². The minimum atomic E-state index is -0.588. The van der Waals surface area contributed by atoms with Crippen LogP contribution in [0.15, 0.2) is 97.2 Å². The minimum absolute atomic E-state index is 0.0172. The van der Waals surface area contributed by atoms with Crippen molar-refractivity contribution in [1.82, 2.24) is 20.1 Å².